The Labute approximate surface area is 107 Å². The van der Waals surface area contributed by atoms with Crippen LogP contribution in [0.4, 0.5) is 0 Å². The minimum absolute atomic E-state index is 0.144. The summed E-state index contributed by atoms with van der Waals surface area (Å²) in [5.74, 6) is 0. The van der Waals surface area contributed by atoms with Crippen LogP contribution in [0.15, 0.2) is 24.3 Å². The minimum Gasteiger partial charge on any atom is -0.357 e. The lowest BCUT2D eigenvalue weighted by Gasteiger charge is -2.41. The zero-order valence-electron chi connectivity index (χ0n) is 10.6. The van der Waals surface area contributed by atoms with E-state index < -0.39 is 0 Å². The van der Waals surface area contributed by atoms with E-state index in [1.165, 1.54) is 35.0 Å². The molecular weight excluding hydrogens is 222 g/mol. The summed E-state index contributed by atoms with van der Waals surface area (Å²) in [5, 5.41) is 8.72. The molecule has 3 nitrogen and oxygen atoms in total. The first-order chi connectivity index (χ1) is 8.89. The van der Waals surface area contributed by atoms with E-state index in [9.17, 15) is 0 Å². The number of fused-ring (bicyclic) bond motifs is 4. The highest BCUT2D eigenvalue weighted by Crippen LogP contribution is 2.37. The van der Waals surface area contributed by atoms with Crippen LogP contribution in [0.25, 0.3) is 10.9 Å². The summed E-state index contributed by atoms with van der Waals surface area (Å²) in [5.41, 5.74) is 4.40. The van der Waals surface area contributed by atoms with Gasteiger partial charge in [-0.2, -0.15) is 0 Å². The van der Waals surface area contributed by atoms with Gasteiger partial charge in [0.2, 0.25) is 0 Å². The number of hydrogen-bond acceptors (Lipinski definition) is 2. The third kappa shape index (κ3) is 1.38. The summed E-state index contributed by atoms with van der Waals surface area (Å²) in [7, 11) is 0. The average Bonchev–Trinajstić information content (AvgIpc) is 2.81. The molecule has 2 aromatic rings. The number of hydrogen-bond donors (Lipinski definition) is 3. The van der Waals surface area contributed by atoms with E-state index >= 15 is 0 Å². The Morgan fingerprint density at radius 3 is 2.94 bits per heavy atom. The van der Waals surface area contributed by atoms with Gasteiger partial charge in [0.1, 0.15) is 0 Å². The standard InChI is InChI=1S/C15H19N3/c1-2-5-13-11(4-1)12-6-9-17-15(14(12)18-13)7-3-8-16-10-15/h1-2,4-5,16-18H,3,6-10H2/t15-/m1/s1. The fourth-order valence-electron chi connectivity index (χ4n) is 3.65. The van der Waals surface area contributed by atoms with Crippen molar-refractivity contribution in [2.75, 3.05) is 19.6 Å². The van der Waals surface area contributed by atoms with Gasteiger partial charge in [-0.3, -0.25) is 0 Å². The first-order valence-electron chi connectivity index (χ1n) is 6.95. The maximum absolute atomic E-state index is 3.76. The second-order valence-electron chi connectivity index (χ2n) is 5.56. The molecule has 0 saturated carbocycles. The molecule has 3 N–H and O–H groups in total. The maximum atomic E-state index is 3.76. The zero-order chi connectivity index (χ0) is 12.0. The molecule has 3 heteroatoms. The minimum atomic E-state index is 0.144. The van der Waals surface area contributed by atoms with Gasteiger partial charge in [-0.1, -0.05) is 18.2 Å². The van der Waals surface area contributed by atoms with Crippen LogP contribution in [0.2, 0.25) is 0 Å². The van der Waals surface area contributed by atoms with Gasteiger partial charge in [0.25, 0.3) is 0 Å². The Kier molecular flexibility index (Phi) is 2.26. The molecule has 2 aliphatic heterocycles. The van der Waals surface area contributed by atoms with Crippen molar-refractivity contribution in [2.24, 2.45) is 0 Å². The monoisotopic (exact) mass is 241 g/mol. The molecule has 0 amide bonds. The zero-order valence-corrected chi connectivity index (χ0v) is 10.6. The number of H-pyrrole nitrogens is 1. The molecule has 0 unspecified atom stereocenters. The van der Waals surface area contributed by atoms with Crippen molar-refractivity contribution in [3.63, 3.8) is 0 Å². The van der Waals surface area contributed by atoms with Crippen molar-refractivity contribution in [1.29, 1.82) is 0 Å². The fourth-order valence-corrected chi connectivity index (χ4v) is 3.65. The quantitative estimate of drug-likeness (QED) is 0.659. The van der Waals surface area contributed by atoms with Gasteiger partial charge in [-0.15, -0.1) is 0 Å². The number of para-hydroxylation sites is 1. The van der Waals surface area contributed by atoms with E-state index in [-0.39, 0.29) is 5.54 Å². The molecule has 2 aliphatic rings. The predicted molar refractivity (Wildman–Crippen MR) is 73.8 cm³/mol. The van der Waals surface area contributed by atoms with Crippen molar-refractivity contribution in [1.82, 2.24) is 15.6 Å². The summed E-state index contributed by atoms with van der Waals surface area (Å²) in [4.78, 5) is 3.67. The van der Waals surface area contributed by atoms with Crippen LogP contribution < -0.4 is 10.6 Å². The van der Waals surface area contributed by atoms with E-state index in [4.69, 9.17) is 0 Å². The molecule has 1 spiro atoms. The smallest absolute Gasteiger partial charge is 0.0716 e. The number of rotatable bonds is 0. The SMILES string of the molecule is c1ccc2c3c([nH]c2c1)[C@]1(CCCNC1)NCC3. The largest absolute Gasteiger partial charge is 0.357 e. The Morgan fingerprint density at radius 1 is 1.11 bits per heavy atom. The second kappa shape index (κ2) is 3.84. The lowest BCUT2D eigenvalue weighted by Crippen LogP contribution is -2.56. The van der Waals surface area contributed by atoms with Gasteiger partial charge in [0.15, 0.2) is 0 Å². The Morgan fingerprint density at radius 2 is 2.06 bits per heavy atom. The van der Waals surface area contributed by atoms with Crippen molar-refractivity contribution in [2.45, 2.75) is 24.8 Å². The number of piperidine rings is 1. The van der Waals surface area contributed by atoms with Crippen LogP contribution in [0, 0.1) is 0 Å². The molecule has 0 aliphatic carbocycles. The molecule has 1 atom stereocenters. The molecular formula is C15H19N3. The number of aromatic nitrogens is 1. The molecule has 1 saturated heterocycles. The predicted octanol–water partition coefficient (Wildman–Crippen LogP) is 1.89. The molecule has 0 radical (unpaired) electrons. The Hall–Kier alpha value is -1.32. The van der Waals surface area contributed by atoms with Crippen LogP contribution >= 0.6 is 0 Å². The number of benzene rings is 1. The van der Waals surface area contributed by atoms with Crippen LogP contribution in [0.1, 0.15) is 24.1 Å². The van der Waals surface area contributed by atoms with Gasteiger partial charge >= 0.3 is 0 Å². The van der Waals surface area contributed by atoms with Crippen molar-refractivity contribution < 1.29 is 0 Å². The summed E-state index contributed by atoms with van der Waals surface area (Å²) in [6, 6.07) is 8.70. The first kappa shape index (κ1) is 10.6. The lowest BCUT2D eigenvalue weighted by atomic mass is 9.81. The average molecular weight is 241 g/mol. The molecule has 94 valence electrons. The van der Waals surface area contributed by atoms with Gasteiger partial charge in [0.05, 0.1) is 5.54 Å². The van der Waals surface area contributed by atoms with Gasteiger partial charge < -0.3 is 15.6 Å². The molecule has 18 heavy (non-hydrogen) atoms. The summed E-state index contributed by atoms with van der Waals surface area (Å²) in [6.45, 7) is 3.29. The highest BCUT2D eigenvalue weighted by molar-refractivity contribution is 5.85. The molecule has 1 aromatic heterocycles. The first-order valence-corrected chi connectivity index (χ1v) is 6.95. The highest BCUT2D eigenvalue weighted by atomic mass is 15.1. The number of aromatic amines is 1. The Bertz CT molecular complexity index is 578. The van der Waals surface area contributed by atoms with Crippen LogP contribution in [-0.4, -0.2) is 24.6 Å². The molecule has 4 rings (SSSR count). The van der Waals surface area contributed by atoms with Gasteiger partial charge in [-0.05, 0) is 37.4 Å². The van der Waals surface area contributed by atoms with Crippen LogP contribution in [0.3, 0.4) is 0 Å². The normalized spacial score (nSPS) is 27.6. The van der Waals surface area contributed by atoms with E-state index in [0.29, 0.717) is 0 Å². The highest BCUT2D eigenvalue weighted by Gasteiger charge is 2.39. The van der Waals surface area contributed by atoms with Crippen molar-refractivity contribution >= 4 is 10.9 Å². The van der Waals surface area contributed by atoms with Gasteiger partial charge in [-0.25, -0.2) is 0 Å². The molecule has 1 fully saturated rings. The molecule has 0 bridgehead atoms. The summed E-state index contributed by atoms with van der Waals surface area (Å²) < 4.78 is 0. The molecule has 3 heterocycles. The lowest BCUT2D eigenvalue weighted by molar-refractivity contribution is 0.235. The molecule has 1 aromatic carbocycles. The maximum Gasteiger partial charge on any atom is 0.0716 e. The van der Waals surface area contributed by atoms with E-state index in [1.54, 1.807) is 0 Å². The fraction of sp³-hybridized carbons (Fsp3) is 0.467. The van der Waals surface area contributed by atoms with E-state index in [0.717, 1.165) is 26.1 Å². The van der Waals surface area contributed by atoms with Gasteiger partial charge in [0, 0.05) is 29.7 Å². The Balaban J connectivity index is 1.93. The van der Waals surface area contributed by atoms with Crippen molar-refractivity contribution in [3.05, 3.63) is 35.5 Å². The number of nitrogens with one attached hydrogen (secondary N) is 3. The van der Waals surface area contributed by atoms with Crippen molar-refractivity contribution in [3.8, 4) is 0 Å². The van der Waals surface area contributed by atoms with Crippen LogP contribution in [-0.2, 0) is 12.0 Å². The third-order valence-electron chi connectivity index (χ3n) is 4.51. The summed E-state index contributed by atoms with van der Waals surface area (Å²) >= 11 is 0. The second-order valence-corrected chi connectivity index (χ2v) is 5.56. The third-order valence-corrected chi connectivity index (χ3v) is 4.51. The van der Waals surface area contributed by atoms with E-state index in [1.807, 2.05) is 0 Å². The topological polar surface area (TPSA) is 39.9 Å². The summed E-state index contributed by atoms with van der Waals surface area (Å²) in [6.07, 6.45) is 3.63. The van der Waals surface area contributed by atoms with E-state index in [2.05, 4.69) is 39.9 Å². The van der Waals surface area contributed by atoms with Crippen LogP contribution in [0.5, 0.6) is 0 Å².